The Bertz CT molecular complexity index is 397. The molecule has 258 valence electrons. The molecule has 12 N–H and O–H groups in total. The van der Waals surface area contributed by atoms with Crippen molar-refractivity contribution in [2.45, 2.75) is 45.4 Å². The number of carbonyl (C=O) groups is 12. The summed E-state index contributed by atoms with van der Waals surface area (Å²) in [5.41, 5.74) is 0. The zero-order valence-electron chi connectivity index (χ0n) is 22.4. The SMILES string of the molecule is CCCCCCCC(=O)O.O=CO.O=CO.O=CO.O=CO.O=CO.O=CO.O=CO.O=CO.O=CO.O=CO.O=CO. The second-order valence-corrected chi connectivity index (χ2v) is 3.72. The fraction of sp³-hybridized carbons (Fsp3) is 0.368. The molecule has 0 radical (unpaired) electrons. The smallest absolute Gasteiger partial charge is 0.303 e. The predicted molar refractivity (Wildman–Crippen MR) is 137 cm³/mol. The van der Waals surface area contributed by atoms with Gasteiger partial charge in [0.15, 0.2) is 0 Å². The lowest BCUT2D eigenvalue weighted by atomic mass is 10.1. The Kier molecular flexibility index (Phi) is 410. The van der Waals surface area contributed by atoms with Gasteiger partial charge in [0.1, 0.15) is 0 Å². The average molecular weight is 650 g/mol. The van der Waals surface area contributed by atoms with Crippen molar-refractivity contribution in [2.75, 3.05) is 0 Å². The highest BCUT2D eigenvalue weighted by atomic mass is 16.4. The van der Waals surface area contributed by atoms with Crippen molar-refractivity contribution in [3.8, 4) is 0 Å². The Balaban J connectivity index is -0.0000000255. The van der Waals surface area contributed by atoms with Gasteiger partial charge in [-0.05, 0) is 6.42 Å². The maximum atomic E-state index is 10.0. The topological polar surface area (TPSA) is 448 Å². The minimum Gasteiger partial charge on any atom is -0.483 e. The maximum absolute atomic E-state index is 10.0. The molecule has 0 rings (SSSR count). The first-order valence-corrected chi connectivity index (χ1v) is 9.42. The second-order valence-electron chi connectivity index (χ2n) is 3.72. The van der Waals surface area contributed by atoms with Gasteiger partial charge in [-0.25, -0.2) is 0 Å². The first kappa shape index (κ1) is 76.7. The zero-order chi connectivity index (χ0) is 37.6. The fourth-order valence-electron chi connectivity index (χ4n) is 0.880. The number of aliphatic carboxylic acids is 1. The van der Waals surface area contributed by atoms with Crippen molar-refractivity contribution >= 4 is 77.2 Å². The molecule has 0 fully saturated rings. The molecule has 0 bridgehead atoms. The molecule has 0 aromatic carbocycles. The van der Waals surface area contributed by atoms with Crippen molar-refractivity contribution in [1.82, 2.24) is 0 Å². The number of carboxylic acids is 1. The highest BCUT2D eigenvalue weighted by molar-refractivity contribution is 5.66. The lowest BCUT2D eigenvalue weighted by molar-refractivity contribution is -0.137. The monoisotopic (exact) mass is 650 g/mol. The van der Waals surface area contributed by atoms with E-state index in [-0.39, 0.29) is 71.2 Å². The van der Waals surface area contributed by atoms with Crippen LogP contribution in [0.5, 0.6) is 0 Å². The van der Waals surface area contributed by atoms with Crippen LogP contribution in [0.3, 0.4) is 0 Å². The van der Waals surface area contributed by atoms with Gasteiger partial charge in [0.2, 0.25) is 0 Å². The second kappa shape index (κ2) is 230. The van der Waals surface area contributed by atoms with Gasteiger partial charge in [0.05, 0.1) is 0 Å². The van der Waals surface area contributed by atoms with E-state index >= 15 is 0 Å². The largest absolute Gasteiger partial charge is 0.483 e. The lowest BCUT2D eigenvalue weighted by Crippen LogP contribution is -1.93. The number of rotatable bonds is 6. The van der Waals surface area contributed by atoms with Crippen LogP contribution in [0.4, 0.5) is 0 Å². The van der Waals surface area contributed by atoms with Crippen LogP contribution in [-0.4, -0.2) is 138 Å². The van der Waals surface area contributed by atoms with Crippen LogP contribution in [-0.2, 0) is 57.5 Å². The van der Waals surface area contributed by atoms with E-state index in [4.69, 9.17) is 114 Å². The number of hydrogen-bond acceptors (Lipinski definition) is 12. The standard InChI is InChI=1S/C8H16O2.11CH2O2/c1-2-3-4-5-6-7-8(9)10;11*2-1-3/h2-7H2,1H3,(H,9,10);11*1H,(H,2,3). The maximum Gasteiger partial charge on any atom is 0.303 e. The molecule has 0 unspecified atom stereocenters. The van der Waals surface area contributed by atoms with E-state index in [2.05, 4.69) is 6.92 Å². The third-order valence-electron chi connectivity index (χ3n) is 1.49. The van der Waals surface area contributed by atoms with E-state index in [1.807, 2.05) is 0 Å². The van der Waals surface area contributed by atoms with Crippen LogP contribution >= 0.6 is 0 Å². The average Bonchev–Trinajstić information content (AvgIpc) is 2.89. The molecule has 24 heteroatoms. The molecule has 0 aromatic heterocycles. The lowest BCUT2D eigenvalue weighted by Gasteiger charge is -1.95. The Morgan fingerprint density at radius 1 is 0.372 bits per heavy atom. The molecule has 0 aliphatic heterocycles. The molecule has 0 heterocycles. The molecular formula is C19H38O24. The van der Waals surface area contributed by atoms with Gasteiger partial charge in [0, 0.05) is 6.42 Å². The van der Waals surface area contributed by atoms with E-state index in [0.29, 0.717) is 6.42 Å². The predicted octanol–water partition coefficient (Wildman–Crippen LogP) is -0.860. The van der Waals surface area contributed by atoms with Gasteiger partial charge >= 0.3 is 5.97 Å². The van der Waals surface area contributed by atoms with Crippen LogP contribution in [0, 0.1) is 0 Å². The van der Waals surface area contributed by atoms with Gasteiger partial charge in [-0.15, -0.1) is 0 Å². The molecule has 43 heavy (non-hydrogen) atoms. The zero-order valence-corrected chi connectivity index (χ0v) is 22.4. The van der Waals surface area contributed by atoms with Gasteiger partial charge in [-0.1, -0.05) is 32.6 Å². The van der Waals surface area contributed by atoms with Crippen molar-refractivity contribution in [2.24, 2.45) is 0 Å². The summed E-state index contributed by atoms with van der Waals surface area (Å²) in [5, 5.41) is 84.0. The van der Waals surface area contributed by atoms with Gasteiger partial charge in [0.25, 0.3) is 71.2 Å². The van der Waals surface area contributed by atoms with Gasteiger partial charge < -0.3 is 61.3 Å². The fourth-order valence-corrected chi connectivity index (χ4v) is 0.880. The van der Waals surface area contributed by atoms with Crippen LogP contribution in [0.25, 0.3) is 0 Å². The van der Waals surface area contributed by atoms with E-state index in [1.165, 1.54) is 19.3 Å². The summed E-state index contributed by atoms with van der Waals surface area (Å²) in [5.74, 6) is -0.670. The molecule has 0 spiro atoms. The highest BCUT2D eigenvalue weighted by Crippen LogP contribution is 2.04. The summed E-state index contributed by atoms with van der Waals surface area (Å²) in [6.45, 7) is -0.600. The summed E-state index contributed by atoms with van der Waals surface area (Å²) in [6.07, 6.45) is 5.88. The minimum atomic E-state index is -0.670. The van der Waals surface area contributed by atoms with E-state index in [0.717, 1.165) is 12.8 Å². The summed E-state index contributed by atoms with van der Waals surface area (Å²) in [6, 6.07) is 0. The number of hydrogen-bond donors (Lipinski definition) is 12. The van der Waals surface area contributed by atoms with Crippen LogP contribution in [0.2, 0.25) is 0 Å². The van der Waals surface area contributed by atoms with Crippen LogP contribution < -0.4 is 0 Å². The van der Waals surface area contributed by atoms with Gasteiger partial charge in [-0.3, -0.25) is 57.5 Å². The van der Waals surface area contributed by atoms with Crippen molar-refractivity contribution in [3.63, 3.8) is 0 Å². The number of carboxylic acid groups (broad SMARTS) is 12. The molecule has 0 atom stereocenters. The van der Waals surface area contributed by atoms with Crippen LogP contribution in [0.15, 0.2) is 0 Å². The third-order valence-corrected chi connectivity index (χ3v) is 1.49. The Labute approximate surface area is 242 Å². The van der Waals surface area contributed by atoms with E-state index < -0.39 is 5.97 Å². The number of unbranched alkanes of at least 4 members (excludes halogenated alkanes) is 4. The van der Waals surface area contributed by atoms with Crippen molar-refractivity contribution < 1.29 is 119 Å². The van der Waals surface area contributed by atoms with Gasteiger partial charge in [-0.2, -0.15) is 0 Å². The Hall–Kier alpha value is -6.36. The molecule has 0 aromatic rings. The van der Waals surface area contributed by atoms with Crippen molar-refractivity contribution in [3.05, 3.63) is 0 Å². The molecular weight excluding hydrogens is 612 g/mol. The minimum absolute atomic E-state index is 0.250. The van der Waals surface area contributed by atoms with Crippen molar-refractivity contribution in [1.29, 1.82) is 0 Å². The molecule has 0 aliphatic rings. The molecule has 0 amide bonds. The summed E-state index contributed by atoms with van der Waals surface area (Å²) in [7, 11) is 0. The highest BCUT2D eigenvalue weighted by Gasteiger charge is 1.94. The van der Waals surface area contributed by atoms with Crippen LogP contribution in [0.1, 0.15) is 45.4 Å². The molecule has 0 saturated heterocycles. The summed E-state index contributed by atoms with van der Waals surface area (Å²) in [4.78, 5) is 102. The molecule has 0 saturated carbocycles. The first-order valence-electron chi connectivity index (χ1n) is 9.42. The normalized spacial score (nSPS) is 5.33. The Morgan fingerprint density at radius 2 is 0.512 bits per heavy atom. The van der Waals surface area contributed by atoms with E-state index in [1.54, 1.807) is 0 Å². The Morgan fingerprint density at radius 3 is 0.628 bits per heavy atom. The summed E-state index contributed by atoms with van der Waals surface area (Å²) >= 11 is 0. The molecule has 0 aliphatic carbocycles. The molecule has 24 nitrogen and oxygen atoms in total. The first-order chi connectivity index (χ1) is 20.3. The quantitative estimate of drug-likeness (QED) is 0.123. The summed E-state index contributed by atoms with van der Waals surface area (Å²) < 4.78 is 0. The van der Waals surface area contributed by atoms with E-state index in [9.17, 15) is 4.79 Å². The third kappa shape index (κ3) is 98500.